The predicted octanol–water partition coefficient (Wildman–Crippen LogP) is 1.00. The van der Waals surface area contributed by atoms with Crippen LogP contribution in [-0.2, 0) is 4.79 Å². The molecule has 5 heteroatoms. The van der Waals surface area contributed by atoms with Crippen LogP contribution in [0.25, 0.3) is 0 Å². The summed E-state index contributed by atoms with van der Waals surface area (Å²) >= 11 is 0. The summed E-state index contributed by atoms with van der Waals surface area (Å²) in [5.41, 5.74) is -0.279. The smallest absolute Gasteiger partial charge is 0.233 e. The zero-order valence-corrected chi connectivity index (χ0v) is 8.75. The highest BCUT2D eigenvalue weighted by molar-refractivity contribution is 5.94. The largest absolute Gasteiger partial charge is 0.363 e. The molecule has 0 saturated carbocycles. The summed E-state index contributed by atoms with van der Waals surface area (Å²) in [6.45, 7) is 3.68. The first-order valence-corrected chi connectivity index (χ1v) is 5.19. The maximum Gasteiger partial charge on any atom is 0.233 e. The normalized spacial score (nSPS) is 25.4. The molecule has 82 valence electrons. The quantitative estimate of drug-likeness (QED) is 0.779. The van der Waals surface area contributed by atoms with Crippen molar-refractivity contribution in [1.29, 1.82) is 0 Å². The number of nitrogens with one attached hydrogen (secondary N) is 2. The number of nitrogens with zero attached hydrogens (tertiary/aromatic N) is 1. The molecule has 5 nitrogen and oxygen atoms in total. The molecule has 0 aliphatic carbocycles. The minimum Gasteiger partial charge on any atom is -0.363 e. The van der Waals surface area contributed by atoms with Gasteiger partial charge >= 0.3 is 0 Å². The molecular weight excluding hydrogens is 194 g/mol. The van der Waals surface area contributed by atoms with E-state index in [0.717, 1.165) is 25.9 Å². The van der Waals surface area contributed by atoms with Crippen LogP contribution in [0.4, 0.5) is 5.82 Å². The number of hydrogen-bond acceptors (Lipinski definition) is 4. The minimum absolute atomic E-state index is 0.0314. The van der Waals surface area contributed by atoms with Crippen LogP contribution in [0, 0.1) is 5.41 Å². The van der Waals surface area contributed by atoms with Gasteiger partial charge in [-0.2, -0.15) is 0 Å². The van der Waals surface area contributed by atoms with Gasteiger partial charge in [0, 0.05) is 12.6 Å². The fourth-order valence-corrected chi connectivity index (χ4v) is 1.93. The Bertz CT molecular complexity index is 328. The molecule has 1 aromatic heterocycles. The zero-order valence-electron chi connectivity index (χ0n) is 8.75. The third-order valence-electron chi connectivity index (χ3n) is 3.08. The minimum atomic E-state index is -0.279. The first-order valence-electron chi connectivity index (χ1n) is 5.19. The molecule has 2 heterocycles. The molecule has 0 radical (unpaired) electrons. The van der Waals surface area contributed by atoms with Crippen molar-refractivity contribution in [2.75, 3.05) is 18.4 Å². The Morgan fingerprint density at radius 3 is 3.20 bits per heavy atom. The molecule has 1 atom stereocenters. The van der Waals surface area contributed by atoms with Crippen LogP contribution in [0.3, 0.4) is 0 Å². The summed E-state index contributed by atoms with van der Waals surface area (Å²) < 4.78 is 4.66. The van der Waals surface area contributed by atoms with Gasteiger partial charge in [0.15, 0.2) is 5.82 Å². The fourth-order valence-electron chi connectivity index (χ4n) is 1.93. The summed E-state index contributed by atoms with van der Waals surface area (Å²) in [7, 11) is 0. The lowest BCUT2D eigenvalue weighted by Gasteiger charge is -2.24. The second-order valence-corrected chi connectivity index (χ2v) is 3.90. The van der Waals surface area contributed by atoms with Crippen molar-refractivity contribution < 1.29 is 9.32 Å². The third kappa shape index (κ3) is 1.87. The van der Waals surface area contributed by atoms with Crippen molar-refractivity contribution in [3.05, 3.63) is 12.3 Å². The Morgan fingerprint density at radius 1 is 1.80 bits per heavy atom. The highest BCUT2D eigenvalue weighted by Gasteiger charge is 2.39. The Balaban J connectivity index is 2.06. The summed E-state index contributed by atoms with van der Waals surface area (Å²) in [6, 6.07) is 1.64. The molecular formula is C10H15N3O2. The van der Waals surface area contributed by atoms with Crippen LogP contribution in [0.15, 0.2) is 16.9 Å². The first-order chi connectivity index (χ1) is 7.27. The van der Waals surface area contributed by atoms with E-state index in [9.17, 15) is 4.79 Å². The van der Waals surface area contributed by atoms with Crippen molar-refractivity contribution in [2.24, 2.45) is 5.41 Å². The topological polar surface area (TPSA) is 67.2 Å². The molecule has 1 aliphatic heterocycles. The second kappa shape index (κ2) is 4.02. The lowest BCUT2D eigenvalue weighted by molar-refractivity contribution is -0.124. The van der Waals surface area contributed by atoms with E-state index in [-0.39, 0.29) is 11.3 Å². The molecule has 1 amide bonds. The van der Waals surface area contributed by atoms with Crippen molar-refractivity contribution in [3.8, 4) is 0 Å². The van der Waals surface area contributed by atoms with Gasteiger partial charge in [-0.25, -0.2) is 0 Å². The number of rotatable bonds is 3. The van der Waals surface area contributed by atoms with Gasteiger partial charge in [0.25, 0.3) is 0 Å². The Labute approximate surface area is 88.2 Å². The van der Waals surface area contributed by atoms with Crippen LogP contribution in [0.1, 0.15) is 19.8 Å². The SMILES string of the molecule is CCC1(C(=O)Nc2ccon2)CCNC1. The van der Waals surface area contributed by atoms with Crippen molar-refractivity contribution in [2.45, 2.75) is 19.8 Å². The van der Waals surface area contributed by atoms with E-state index in [1.807, 2.05) is 6.92 Å². The van der Waals surface area contributed by atoms with Gasteiger partial charge in [0.2, 0.25) is 5.91 Å². The third-order valence-corrected chi connectivity index (χ3v) is 3.08. The van der Waals surface area contributed by atoms with E-state index >= 15 is 0 Å². The van der Waals surface area contributed by atoms with Crippen LogP contribution in [0.2, 0.25) is 0 Å². The highest BCUT2D eigenvalue weighted by atomic mass is 16.5. The van der Waals surface area contributed by atoms with Crippen LogP contribution in [0.5, 0.6) is 0 Å². The maximum absolute atomic E-state index is 12.0. The number of carbonyl (C=O) groups is 1. The molecule has 2 rings (SSSR count). The van der Waals surface area contributed by atoms with E-state index < -0.39 is 0 Å². The highest BCUT2D eigenvalue weighted by Crippen LogP contribution is 2.30. The van der Waals surface area contributed by atoms with Gasteiger partial charge in [-0.05, 0) is 19.4 Å². The standard InChI is InChI=1S/C10H15N3O2/c1-2-10(4-5-11-7-10)9(14)12-8-3-6-15-13-8/h3,6,11H,2,4-5,7H2,1H3,(H,12,13,14). The lowest BCUT2D eigenvalue weighted by Crippen LogP contribution is -2.37. The molecule has 1 unspecified atom stereocenters. The molecule has 0 bridgehead atoms. The van der Waals surface area contributed by atoms with Crippen molar-refractivity contribution in [1.82, 2.24) is 10.5 Å². The summed E-state index contributed by atoms with van der Waals surface area (Å²) in [4.78, 5) is 12.0. The fraction of sp³-hybridized carbons (Fsp3) is 0.600. The molecule has 15 heavy (non-hydrogen) atoms. The lowest BCUT2D eigenvalue weighted by atomic mass is 9.83. The van der Waals surface area contributed by atoms with Gasteiger partial charge in [0.1, 0.15) is 6.26 Å². The molecule has 1 aliphatic rings. The summed E-state index contributed by atoms with van der Waals surface area (Å²) in [6.07, 6.45) is 3.16. The van der Waals surface area contributed by atoms with Gasteiger partial charge in [-0.15, -0.1) is 0 Å². The van der Waals surface area contributed by atoms with Crippen LogP contribution >= 0.6 is 0 Å². The van der Waals surface area contributed by atoms with Gasteiger partial charge in [-0.1, -0.05) is 12.1 Å². The maximum atomic E-state index is 12.0. The van der Waals surface area contributed by atoms with E-state index in [1.165, 1.54) is 6.26 Å². The molecule has 0 spiro atoms. The Kier molecular flexibility index (Phi) is 2.73. The average Bonchev–Trinajstić information content (AvgIpc) is 2.87. The first kappa shape index (κ1) is 10.2. The van der Waals surface area contributed by atoms with E-state index in [4.69, 9.17) is 0 Å². The van der Waals surface area contributed by atoms with Gasteiger partial charge < -0.3 is 15.2 Å². The van der Waals surface area contributed by atoms with E-state index in [2.05, 4.69) is 20.3 Å². The number of aromatic nitrogens is 1. The average molecular weight is 209 g/mol. The number of carbonyl (C=O) groups excluding carboxylic acids is 1. The monoisotopic (exact) mass is 209 g/mol. The van der Waals surface area contributed by atoms with E-state index in [1.54, 1.807) is 6.07 Å². The second-order valence-electron chi connectivity index (χ2n) is 3.90. The summed E-state index contributed by atoms with van der Waals surface area (Å²) in [5.74, 6) is 0.517. The molecule has 2 N–H and O–H groups in total. The van der Waals surface area contributed by atoms with Gasteiger partial charge in [0.05, 0.1) is 5.41 Å². The van der Waals surface area contributed by atoms with Crippen LogP contribution in [-0.4, -0.2) is 24.2 Å². The predicted molar refractivity (Wildman–Crippen MR) is 55.3 cm³/mol. The Morgan fingerprint density at radius 2 is 2.67 bits per heavy atom. The number of anilines is 1. The van der Waals surface area contributed by atoms with Crippen molar-refractivity contribution in [3.63, 3.8) is 0 Å². The van der Waals surface area contributed by atoms with Crippen molar-refractivity contribution >= 4 is 11.7 Å². The Hall–Kier alpha value is -1.36. The van der Waals surface area contributed by atoms with Crippen LogP contribution < -0.4 is 10.6 Å². The van der Waals surface area contributed by atoms with E-state index in [0.29, 0.717) is 5.82 Å². The molecule has 1 saturated heterocycles. The molecule has 1 aromatic rings. The number of hydrogen-bond donors (Lipinski definition) is 2. The molecule has 0 aromatic carbocycles. The molecule has 1 fully saturated rings. The van der Waals surface area contributed by atoms with Gasteiger partial charge in [-0.3, -0.25) is 4.79 Å². The number of amides is 1. The summed E-state index contributed by atoms with van der Waals surface area (Å²) in [5, 5.41) is 9.66. The zero-order chi connectivity index (χ0) is 10.7.